The molecule has 61 heteroatoms. The largest absolute Gasteiger partial charge is 0.724 e. The quantitative estimate of drug-likeness (QED) is 0.00301. The molecule has 0 aliphatic carbocycles. The van der Waals surface area contributed by atoms with Gasteiger partial charge in [-0.05, 0) is 146 Å². The number of hydrogen-bond acceptors (Lipinski definition) is 34. The summed E-state index contributed by atoms with van der Waals surface area (Å²) in [5.41, 5.74) is 16.8. The van der Waals surface area contributed by atoms with Gasteiger partial charge in [0.15, 0.2) is 46.2 Å². The maximum absolute atomic E-state index is 12.3. The number of nitrogens with zero attached hydrogens (tertiary/aromatic N) is 16. The number of urea groups is 4. The fraction of sp³-hybridized carbons (Fsp3) is 0.326. The SMILES string of the molecule is C/C=C/[P+](c1ccccc1)(c1ccccc1)c1ccccc1.C=CCON1C(=O)N2CC(I)=CC1C2.C=CCON1C(=O)N2CC(n3ccc(C(=O)NOCCC[B]C=O)n3)=CC1C2.NCCONC(=O)c1ccn(C2=CC3CN(C2)C(=O)N3OS(=O)(=O)O)n1.NOCCC[B]C=O.O=C(O)c1ccn[nH]1.O=C[B]CCCONC(=O)c1ccn(C2=CC3CN(C2)C(=O)N3OS(=O)(=O)[O-])n1.O=C[B]CCCONC(=O)c1ccn[nH]1. The van der Waals surface area contributed by atoms with Crippen LogP contribution in [0.3, 0.4) is 0 Å². The molecular weight excluding hydrogens is 2130 g/mol. The van der Waals surface area contributed by atoms with Crippen molar-refractivity contribution in [1.82, 2.24) is 112 Å². The Morgan fingerprint density at radius 3 is 1.16 bits per heavy atom. The number of nitrogens with one attached hydrogen (secondary N) is 6. The molecule has 0 spiro atoms. The third-order valence-electron chi connectivity index (χ3n) is 21.0. The number of aromatic carboxylic acids is 1. The minimum atomic E-state index is -5.09. The highest BCUT2D eigenvalue weighted by atomic mass is 127. The van der Waals surface area contributed by atoms with E-state index in [1.165, 1.54) is 120 Å². The van der Waals surface area contributed by atoms with Crippen LogP contribution in [0.5, 0.6) is 0 Å². The average Bonchev–Trinajstić information content (AvgIpc) is 0.936. The number of aromatic amines is 2. The monoisotopic (exact) mass is 2240 g/mol. The molecule has 4 atom stereocenters. The summed E-state index contributed by atoms with van der Waals surface area (Å²) in [6.45, 7) is 14.6. The van der Waals surface area contributed by atoms with E-state index in [1.807, 2.05) is 6.08 Å². The third kappa shape index (κ3) is 36.9. The van der Waals surface area contributed by atoms with Crippen LogP contribution in [-0.4, -0.2) is 358 Å². The normalized spacial score (nSPS) is 16.4. The molecule has 12 N–H and O–H groups in total. The lowest BCUT2D eigenvalue weighted by atomic mass is 9.76. The number of benzene rings is 3. The van der Waals surface area contributed by atoms with Crippen LogP contribution < -0.4 is 49.5 Å². The van der Waals surface area contributed by atoms with Crippen molar-refractivity contribution < 1.29 is 136 Å². The van der Waals surface area contributed by atoms with E-state index in [-0.39, 0.29) is 105 Å². The second-order valence-corrected chi connectivity index (χ2v) is 38.3. The molecule has 4 fully saturated rings. The Labute approximate surface area is 877 Å². The van der Waals surface area contributed by atoms with E-state index in [9.17, 15) is 83.7 Å². The molecule has 8 aliphatic heterocycles. The fourth-order valence-corrected chi connectivity index (χ4v) is 19.9. The number of carbonyl (C=O) groups excluding carboxylic acids is 12. The van der Waals surface area contributed by atoms with Gasteiger partial charge in [0.25, 0.3) is 23.6 Å². The van der Waals surface area contributed by atoms with E-state index in [4.69, 9.17) is 50.3 Å². The van der Waals surface area contributed by atoms with Crippen LogP contribution in [-0.2, 0) is 82.4 Å². The molecule has 13 heterocycles. The van der Waals surface area contributed by atoms with Crippen LogP contribution in [0.4, 0.5) is 19.2 Å². The van der Waals surface area contributed by atoms with Gasteiger partial charge in [-0.25, -0.2) is 74.3 Å². The average molecular weight is 2240 g/mol. The molecule has 3 aromatic carbocycles. The van der Waals surface area contributed by atoms with Gasteiger partial charge in [-0.2, -0.15) is 58.4 Å². The van der Waals surface area contributed by atoms with Crippen molar-refractivity contribution in [3.63, 3.8) is 0 Å². The summed E-state index contributed by atoms with van der Waals surface area (Å²) >= 11 is 2.25. The van der Waals surface area contributed by atoms with Gasteiger partial charge in [-0.15, -0.1) is 17.4 Å². The second-order valence-electron chi connectivity index (χ2n) is 31.7. The lowest BCUT2D eigenvalue weighted by molar-refractivity contribution is -0.107. The standard InChI is InChI=1S/C21H20P.C17H21BN5O5.C14H17BN5O8S.C12H16N6O7S.C9H11IN2O2.C8H11BN3O3.C4H9BNO2.C4H4N2O2/c1-2-18-22(19-12-6-3-7-13-19,20-14-8-4-9-15-20)21-16-10-5-11-17-21;1-2-7-28-23-14-9-13(10-21(11-14)17(23)26)22-6-4-15(19-22)16(25)20-27-8-3-5-18-12-24;21-9-15-3-1-5-27-17-13(22)12-2-4-19(16-12)10-6-11-8-18(7-10)14(23)20(11)28-29(24,25)26;13-2-4-24-15-11(19)10-1-3-17(14-10)8-5-9-7-16(6-8)12(20)18(9)25-26(21,22)23;1-2-3-14-12-8-4-7(10)5-11(6-8)9(12)13;13-6-9-3-1-5-15-12-8(14)7-2-4-10-11-7;6-8-3-1-2-5-4-7;7-4(8)3-1-2-5-6-3/h2-18H,1H3;2,4,6,9,12,14H,1,3,5,7-8,10-11H2,(H,20,25);2,4,6,9,11H,1,3,5,7-8H2,(H,17,22)(H,24,25,26);1,3,5,9H,2,4,6-7,13H2,(H,15,19)(H,21,22,23);2,4,8H,1,3,5-6H2;2,4,6H,1,3,5H2,(H,10,11)(H,12,14);4H,1-3,6H2;1-2H,(H,5,6)(H,7,8)/q+1;;;;;;;/p-1/b18-2+;;;;;;;. The summed E-state index contributed by atoms with van der Waals surface area (Å²) in [5.74, 6) is 4.15. The second kappa shape index (κ2) is 62.3. The first-order valence-corrected chi connectivity index (χ1v) is 51.5. The topological polar surface area (TPSA) is 674 Å². The van der Waals surface area contributed by atoms with E-state index in [2.05, 4.69) is 223 Å². The molecule has 0 saturated carbocycles. The van der Waals surface area contributed by atoms with Gasteiger partial charge in [-0.3, -0.25) is 63.0 Å². The molecule has 8 aliphatic rings. The highest BCUT2D eigenvalue weighted by Gasteiger charge is 2.48. The molecule has 5 aromatic heterocycles. The first-order valence-electron chi connectivity index (χ1n) is 45.9. The third-order valence-corrected chi connectivity index (χ3v) is 26.5. The number of H-pyrrole nitrogens is 2. The van der Waals surface area contributed by atoms with Gasteiger partial charge in [-0.1, -0.05) is 98.1 Å². The molecule has 150 heavy (non-hydrogen) atoms. The van der Waals surface area contributed by atoms with Crippen molar-refractivity contribution in [3.8, 4) is 0 Å². The van der Waals surface area contributed by atoms with E-state index in [0.717, 1.165) is 43.5 Å². The molecule has 53 nitrogen and oxygen atoms in total. The zero-order valence-electron chi connectivity index (χ0n) is 80.7. The number of hydroxylamine groups is 12. The van der Waals surface area contributed by atoms with Crippen molar-refractivity contribution in [2.75, 3.05) is 105 Å². The zero-order valence-corrected chi connectivity index (χ0v) is 85.4. The Balaban J connectivity index is 0.000000196. The number of aromatic nitrogens is 10. The highest BCUT2D eigenvalue weighted by molar-refractivity contribution is 14.1. The number of carboxylic acid groups (broad SMARTS) is 1. The van der Waals surface area contributed by atoms with Crippen LogP contribution in [0, 0.1) is 0 Å². The van der Waals surface area contributed by atoms with Gasteiger partial charge in [0, 0.05) is 67.3 Å². The van der Waals surface area contributed by atoms with Crippen LogP contribution in [0.2, 0.25) is 25.3 Å². The molecule has 8 aromatic rings. The zero-order chi connectivity index (χ0) is 108. The number of carbonyl (C=O) groups is 13. The minimum Gasteiger partial charge on any atom is -0.724 e. The van der Waals surface area contributed by atoms with Gasteiger partial charge in [0.1, 0.15) is 46.6 Å². The highest BCUT2D eigenvalue weighted by Crippen LogP contribution is 2.57. The number of amides is 12. The summed E-state index contributed by atoms with van der Waals surface area (Å²) < 4.78 is 77.0. The Hall–Kier alpha value is -14.2. The number of carboxylic acids is 1. The predicted octanol–water partition coefficient (Wildman–Crippen LogP) is 2.64. The molecule has 794 valence electrons. The Morgan fingerprint density at radius 1 is 0.493 bits per heavy atom. The first kappa shape index (κ1) is 119. The lowest BCUT2D eigenvalue weighted by Crippen LogP contribution is -2.35. The van der Waals surface area contributed by atoms with E-state index >= 15 is 0 Å². The molecule has 4 saturated heterocycles. The number of nitrogens with two attached hydrogens (primary N) is 2. The van der Waals surface area contributed by atoms with Crippen molar-refractivity contribution in [3.05, 3.63) is 246 Å². The van der Waals surface area contributed by atoms with E-state index in [0.29, 0.717) is 118 Å². The van der Waals surface area contributed by atoms with Crippen LogP contribution in [0.1, 0.15) is 85.0 Å². The molecular formula is C89H108B4IN24O29PS2. The summed E-state index contributed by atoms with van der Waals surface area (Å²) in [6, 6.07) is 36.6. The molecule has 4 radical (unpaired) electrons. The summed E-state index contributed by atoms with van der Waals surface area (Å²) in [6.07, 6.45) is 28.1. The van der Waals surface area contributed by atoms with E-state index < -0.39 is 75.9 Å². The molecule has 16 rings (SSSR count). The van der Waals surface area contributed by atoms with Crippen LogP contribution >= 0.6 is 29.9 Å². The lowest BCUT2D eigenvalue weighted by Gasteiger charge is -2.23. The molecule has 8 bridgehead atoms. The van der Waals surface area contributed by atoms with Gasteiger partial charge >= 0.3 is 40.5 Å². The smallest absolute Gasteiger partial charge is 0.418 e. The van der Waals surface area contributed by atoms with Gasteiger partial charge in [0.05, 0.1) is 132 Å². The maximum Gasteiger partial charge on any atom is 0.418 e. The number of halogens is 1. The summed E-state index contributed by atoms with van der Waals surface area (Å²) in [4.78, 5) is 186. The minimum absolute atomic E-state index is 0.0419. The predicted molar refractivity (Wildman–Crippen MR) is 552 cm³/mol. The fourth-order valence-electron chi connectivity index (χ4n) is 14.5. The number of fused-ring (bicyclic) bond motifs is 8. The Morgan fingerprint density at radius 2 is 0.833 bits per heavy atom. The molecule has 4 unspecified atom stereocenters. The van der Waals surface area contributed by atoms with E-state index in [1.54, 1.807) is 58.3 Å². The van der Waals surface area contributed by atoms with Crippen molar-refractivity contribution >= 4 is 191 Å². The Kier molecular flexibility index (Phi) is 49.6. The Bertz CT molecular complexity index is 6110. The first-order chi connectivity index (χ1) is 72.4. The van der Waals surface area contributed by atoms with Crippen LogP contribution in [0.15, 0.2) is 217 Å². The van der Waals surface area contributed by atoms with Gasteiger partial charge < -0.3 is 59.0 Å². The molecule has 12 amide bonds. The number of hydrogen-bond donors (Lipinski definition) is 10. The number of rotatable bonds is 48. The van der Waals surface area contributed by atoms with Gasteiger partial charge in [0.2, 0.25) is 10.4 Å². The van der Waals surface area contributed by atoms with Crippen molar-refractivity contribution in [1.29, 1.82) is 0 Å². The maximum atomic E-state index is 12.3. The van der Waals surface area contributed by atoms with Crippen LogP contribution in [0.25, 0.3) is 17.1 Å². The summed E-state index contributed by atoms with van der Waals surface area (Å²) in [5, 5.41) is 40.5. The van der Waals surface area contributed by atoms with Crippen molar-refractivity contribution in [2.45, 2.75) is 82.1 Å². The number of allylic oxidation sites excluding steroid dienone is 1. The van der Waals surface area contributed by atoms with Crippen molar-refractivity contribution in [2.24, 2.45) is 11.6 Å². The summed E-state index contributed by atoms with van der Waals surface area (Å²) in [7, 11) is -5.69.